The molecule has 98 valence electrons. The highest BCUT2D eigenvalue weighted by Gasteiger charge is 2.45. The lowest BCUT2D eigenvalue weighted by Gasteiger charge is -2.24. The summed E-state index contributed by atoms with van der Waals surface area (Å²) in [5.74, 6) is -0.854. The Bertz CT molecular complexity index is 309. The number of carboxylic acids is 1. The van der Waals surface area contributed by atoms with Gasteiger partial charge in [0.15, 0.2) is 0 Å². The van der Waals surface area contributed by atoms with Gasteiger partial charge in [-0.15, -0.1) is 0 Å². The Morgan fingerprint density at radius 1 is 1.35 bits per heavy atom. The van der Waals surface area contributed by atoms with E-state index in [2.05, 4.69) is 5.32 Å². The maximum absolute atomic E-state index is 11.5. The van der Waals surface area contributed by atoms with Gasteiger partial charge in [-0.05, 0) is 31.1 Å². The lowest BCUT2D eigenvalue weighted by Crippen LogP contribution is -2.43. The van der Waals surface area contributed by atoms with E-state index < -0.39 is 11.5 Å². The number of carboxylic acid groups (broad SMARTS) is 1. The van der Waals surface area contributed by atoms with Gasteiger partial charge in [-0.3, -0.25) is 9.59 Å². The van der Waals surface area contributed by atoms with Crippen molar-refractivity contribution in [3.63, 3.8) is 0 Å². The summed E-state index contributed by atoms with van der Waals surface area (Å²) in [4.78, 5) is 22.0. The second-order valence-corrected chi connectivity index (χ2v) is 5.72. The number of nitrogens with one attached hydrogen (secondary N) is 1. The second kappa shape index (κ2) is 5.04. The minimum absolute atomic E-state index is 0.0724. The molecule has 1 aliphatic rings. The van der Waals surface area contributed by atoms with Gasteiger partial charge in [0.1, 0.15) is 0 Å². The van der Waals surface area contributed by atoms with Crippen LogP contribution in [-0.4, -0.2) is 29.1 Å². The zero-order valence-corrected chi connectivity index (χ0v) is 10.6. The highest BCUT2D eigenvalue weighted by molar-refractivity contribution is 5.88. The SMILES string of the molecule is CC(C)(CCNC(=O)C1(N)CC1)CCC(=O)O. The molecule has 0 saturated heterocycles. The number of rotatable bonds is 7. The van der Waals surface area contributed by atoms with Crippen LogP contribution in [-0.2, 0) is 9.59 Å². The van der Waals surface area contributed by atoms with E-state index in [1.807, 2.05) is 13.8 Å². The van der Waals surface area contributed by atoms with E-state index >= 15 is 0 Å². The summed E-state index contributed by atoms with van der Waals surface area (Å²) in [5.41, 5.74) is 5.06. The van der Waals surface area contributed by atoms with Crippen molar-refractivity contribution in [1.82, 2.24) is 5.32 Å². The van der Waals surface area contributed by atoms with Crippen molar-refractivity contribution in [3.05, 3.63) is 0 Å². The molecule has 0 heterocycles. The maximum atomic E-state index is 11.5. The number of hydrogen-bond donors (Lipinski definition) is 3. The van der Waals surface area contributed by atoms with E-state index in [4.69, 9.17) is 10.8 Å². The van der Waals surface area contributed by atoms with Crippen LogP contribution < -0.4 is 11.1 Å². The van der Waals surface area contributed by atoms with Gasteiger partial charge in [0.25, 0.3) is 0 Å². The van der Waals surface area contributed by atoms with Gasteiger partial charge in [-0.25, -0.2) is 0 Å². The fourth-order valence-electron chi connectivity index (χ4n) is 1.62. The van der Waals surface area contributed by atoms with Crippen molar-refractivity contribution in [2.24, 2.45) is 11.1 Å². The number of nitrogens with two attached hydrogens (primary N) is 1. The van der Waals surface area contributed by atoms with Crippen molar-refractivity contribution < 1.29 is 14.7 Å². The molecule has 0 atom stereocenters. The van der Waals surface area contributed by atoms with E-state index in [0.29, 0.717) is 13.0 Å². The molecule has 5 heteroatoms. The van der Waals surface area contributed by atoms with Crippen LogP contribution in [0.1, 0.15) is 46.0 Å². The molecule has 17 heavy (non-hydrogen) atoms. The van der Waals surface area contributed by atoms with Gasteiger partial charge >= 0.3 is 5.97 Å². The predicted octanol–water partition coefficient (Wildman–Crippen LogP) is 0.875. The molecule has 0 aliphatic heterocycles. The van der Waals surface area contributed by atoms with E-state index in [1.54, 1.807) is 0 Å². The molecule has 0 bridgehead atoms. The number of hydrogen-bond acceptors (Lipinski definition) is 3. The van der Waals surface area contributed by atoms with E-state index in [9.17, 15) is 9.59 Å². The molecule has 4 N–H and O–H groups in total. The quantitative estimate of drug-likeness (QED) is 0.617. The fraction of sp³-hybridized carbons (Fsp3) is 0.833. The van der Waals surface area contributed by atoms with Crippen LogP contribution in [0.5, 0.6) is 0 Å². The second-order valence-electron chi connectivity index (χ2n) is 5.72. The summed E-state index contributed by atoms with van der Waals surface area (Å²) >= 11 is 0. The highest BCUT2D eigenvalue weighted by atomic mass is 16.4. The number of carbonyl (C=O) groups is 2. The van der Waals surface area contributed by atoms with Crippen LogP contribution in [0.25, 0.3) is 0 Å². The fourth-order valence-corrected chi connectivity index (χ4v) is 1.62. The summed E-state index contributed by atoms with van der Waals surface area (Å²) in [7, 11) is 0. The van der Waals surface area contributed by atoms with Gasteiger partial charge < -0.3 is 16.2 Å². The number of amides is 1. The molecule has 1 fully saturated rings. The van der Waals surface area contributed by atoms with Crippen LogP contribution in [0.4, 0.5) is 0 Å². The molecule has 0 spiro atoms. The average Bonchev–Trinajstić information content (AvgIpc) is 2.95. The summed E-state index contributed by atoms with van der Waals surface area (Å²) in [6.45, 7) is 4.58. The molecular formula is C12H22N2O3. The molecule has 0 aromatic rings. The van der Waals surface area contributed by atoms with Crippen molar-refractivity contribution in [2.45, 2.75) is 51.5 Å². The summed E-state index contributed by atoms with van der Waals surface area (Å²) in [5, 5.41) is 11.4. The van der Waals surface area contributed by atoms with E-state index in [-0.39, 0.29) is 17.7 Å². The van der Waals surface area contributed by atoms with Crippen LogP contribution in [0.15, 0.2) is 0 Å². The molecule has 0 aromatic carbocycles. The van der Waals surface area contributed by atoms with Crippen molar-refractivity contribution >= 4 is 11.9 Å². The molecule has 1 amide bonds. The summed E-state index contributed by atoms with van der Waals surface area (Å²) in [6, 6.07) is 0. The van der Waals surface area contributed by atoms with Gasteiger partial charge in [0.05, 0.1) is 5.54 Å². The normalized spacial score (nSPS) is 17.6. The first-order chi connectivity index (χ1) is 7.75. The Morgan fingerprint density at radius 2 is 1.94 bits per heavy atom. The third kappa shape index (κ3) is 4.73. The monoisotopic (exact) mass is 242 g/mol. The topological polar surface area (TPSA) is 92.4 Å². The molecular weight excluding hydrogens is 220 g/mol. The molecule has 5 nitrogen and oxygen atoms in total. The highest BCUT2D eigenvalue weighted by Crippen LogP contribution is 2.32. The van der Waals surface area contributed by atoms with Gasteiger partial charge in [0.2, 0.25) is 5.91 Å². The molecule has 1 saturated carbocycles. The number of carbonyl (C=O) groups excluding carboxylic acids is 1. The first-order valence-corrected chi connectivity index (χ1v) is 6.04. The Labute approximate surface area is 102 Å². The van der Waals surface area contributed by atoms with Crippen LogP contribution in [0, 0.1) is 5.41 Å². The number of aliphatic carboxylic acids is 1. The van der Waals surface area contributed by atoms with Gasteiger partial charge in [-0.1, -0.05) is 13.8 Å². The minimum Gasteiger partial charge on any atom is -0.481 e. The van der Waals surface area contributed by atoms with E-state index in [1.165, 1.54) is 0 Å². The minimum atomic E-state index is -0.777. The molecule has 0 aromatic heterocycles. The van der Waals surface area contributed by atoms with Crippen molar-refractivity contribution in [2.75, 3.05) is 6.54 Å². The van der Waals surface area contributed by atoms with Crippen LogP contribution >= 0.6 is 0 Å². The van der Waals surface area contributed by atoms with Crippen molar-refractivity contribution in [1.29, 1.82) is 0 Å². The largest absolute Gasteiger partial charge is 0.481 e. The lowest BCUT2D eigenvalue weighted by atomic mass is 9.84. The molecule has 0 radical (unpaired) electrons. The summed E-state index contributed by atoms with van der Waals surface area (Å²) in [6.07, 6.45) is 3.08. The van der Waals surface area contributed by atoms with Crippen LogP contribution in [0.3, 0.4) is 0 Å². The van der Waals surface area contributed by atoms with E-state index in [0.717, 1.165) is 19.3 Å². The van der Waals surface area contributed by atoms with Gasteiger partial charge in [0, 0.05) is 13.0 Å². The standard InChI is InChI=1S/C12H22N2O3/c1-11(2,4-3-9(15)16)7-8-14-10(17)12(13)5-6-12/h3-8,13H2,1-2H3,(H,14,17)(H,15,16). The lowest BCUT2D eigenvalue weighted by molar-refractivity contribution is -0.137. The Balaban J connectivity index is 2.20. The predicted molar refractivity (Wildman–Crippen MR) is 64.4 cm³/mol. The van der Waals surface area contributed by atoms with Crippen LogP contribution in [0.2, 0.25) is 0 Å². The Morgan fingerprint density at radius 3 is 2.41 bits per heavy atom. The third-order valence-corrected chi connectivity index (χ3v) is 3.34. The smallest absolute Gasteiger partial charge is 0.303 e. The zero-order chi connectivity index (χ0) is 13.1. The first kappa shape index (κ1) is 14.0. The van der Waals surface area contributed by atoms with Gasteiger partial charge in [-0.2, -0.15) is 0 Å². The zero-order valence-electron chi connectivity index (χ0n) is 10.6. The Kier molecular flexibility index (Phi) is 4.14. The maximum Gasteiger partial charge on any atom is 0.303 e. The molecule has 1 rings (SSSR count). The molecule has 0 unspecified atom stereocenters. The third-order valence-electron chi connectivity index (χ3n) is 3.34. The summed E-state index contributed by atoms with van der Waals surface area (Å²) < 4.78 is 0. The first-order valence-electron chi connectivity index (χ1n) is 6.04. The average molecular weight is 242 g/mol. The Hall–Kier alpha value is -1.10. The molecule has 1 aliphatic carbocycles. The van der Waals surface area contributed by atoms with Crippen molar-refractivity contribution in [3.8, 4) is 0 Å².